The predicted octanol–water partition coefficient (Wildman–Crippen LogP) is 0.827. The zero-order valence-electron chi connectivity index (χ0n) is 16.9. The maximum atomic E-state index is 12.8. The largest absolute Gasteiger partial charge is 0.356 e. The van der Waals surface area contributed by atoms with Crippen LogP contribution in [0.3, 0.4) is 0 Å². The Hall–Kier alpha value is -1.95. The molecule has 0 aromatic heterocycles. The van der Waals surface area contributed by atoms with Gasteiger partial charge in [0.2, 0.25) is 15.9 Å². The number of nitrogens with zero attached hydrogens (tertiary/aromatic N) is 2. The smallest absolute Gasteiger partial charge is 0.244 e. The number of nitrogens with one attached hydrogen (secondary N) is 1. The second-order valence-corrected chi connectivity index (χ2v) is 10.2. The van der Waals surface area contributed by atoms with E-state index in [1.807, 2.05) is 6.07 Å². The van der Waals surface area contributed by atoms with Crippen molar-refractivity contribution in [2.45, 2.75) is 50.5 Å². The van der Waals surface area contributed by atoms with Gasteiger partial charge in [-0.1, -0.05) is 12.1 Å². The van der Waals surface area contributed by atoms with Crippen LogP contribution in [0.4, 0.5) is 0 Å². The Bertz CT molecular complexity index is 817. The molecule has 1 aliphatic heterocycles. The zero-order chi connectivity index (χ0) is 20.8. The molecule has 7 nitrogen and oxygen atoms in total. The number of piperidine rings is 1. The number of quaternary nitrogens is 1. The van der Waals surface area contributed by atoms with Crippen LogP contribution in [0.15, 0.2) is 29.2 Å². The molecule has 0 saturated carbocycles. The van der Waals surface area contributed by atoms with Gasteiger partial charge in [-0.2, -0.15) is 9.57 Å². The lowest BCUT2D eigenvalue weighted by Gasteiger charge is -2.30. The first-order valence-corrected chi connectivity index (χ1v) is 11.2. The highest BCUT2D eigenvalue weighted by molar-refractivity contribution is 7.89. The molecule has 0 atom stereocenters. The summed E-state index contributed by atoms with van der Waals surface area (Å²) in [6, 6.07) is 8.16. The Labute approximate surface area is 168 Å². The van der Waals surface area contributed by atoms with Crippen molar-refractivity contribution in [2.75, 3.05) is 26.2 Å². The fourth-order valence-corrected chi connectivity index (χ4v) is 4.89. The van der Waals surface area contributed by atoms with E-state index < -0.39 is 10.0 Å². The third-order valence-corrected chi connectivity index (χ3v) is 6.84. The molecule has 1 fully saturated rings. The van der Waals surface area contributed by atoms with Crippen LogP contribution < -0.4 is 10.6 Å². The molecule has 1 aromatic rings. The number of carbonyl (C=O) groups excluding carboxylic acids is 1. The molecule has 0 bridgehead atoms. The Balaban J connectivity index is 1.84. The normalized spacial score (nSPS) is 16.5. The van der Waals surface area contributed by atoms with Crippen LogP contribution in [-0.4, -0.2) is 50.3 Å². The van der Waals surface area contributed by atoms with Gasteiger partial charge in [0, 0.05) is 32.0 Å². The summed E-state index contributed by atoms with van der Waals surface area (Å²) in [6.45, 7) is 8.64. The lowest BCUT2D eigenvalue weighted by atomic mass is 9.97. The van der Waals surface area contributed by atoms with E-state index in [0.29, 0.717) is 19.4 Å². The van der Waals surface area contributed by atoms with Gasteiger partial charge in [-0.25, -0.2) is 8.42 Å². The fraction of sp³-hybridized carbons (Fsp3) is 0.600. The van der Waals surface area contributed by atoms with E-state index in [9.17, 15) is 18.5 Å². The summed E-state index contributed by atoms with van der Waals surface area (Å²) in [5.41, 5.74) is 0.335. The fourth-order valence-electron chi connectivity index (χ4n) is 3.27. The maximum absolute atomic E-state index is 12.8. The zero-order valence-corrected chi connectivity index (χ0v) is 17.8. The molecule has 1 amide bonds. The van der Waals surface area contributed by atoms with Crippen molar-refractivity contribution < 1.29 is 18.5 Å². The van der Waals surface area contributed by atoms with Crippen LogP contribution >= 0.6 is 0 Å². The SMILES string of the molecule is CC(C)(C)[NH2+]CCCNC(=O)C1CCN(S(=O)(=O)c2ccccc2C#N)CC1. The lowest BCUT2D eigenvalue weighted by molar-refractivity contribution is -0.717. The van der Waals surface area contributed by atoms with Gasteiger partial charge in [-0.05, 0) is 45.7 Å². The van der Waals surface area contributed by atoms with Crippen molar-refractivity contribution in [3.63, 3.8) is 0 Å². The molecule has 0 unspecified atom stereocenters. The lowest BCUT2D eigenvalue weighted by Crippen LogP contribution is -2.94. The van der Waals surface area contributed by atoms with Gasteiger partial charge in [-0.15, -0.1) is 0 Å². The molecule has 154 valence electrons. The summed E-state index contributed by atoms with van der Waals surface area (Å²) < 4.78 is 27.1. The molecule has 8 heteroatoms. The van der Waals surface area contributed by atoms with Crippen LogP contribution in [0.25, 0.3) is 0 Å². The van der Waals surface area contributed by atoms with Crippen molar-refractivity contribution in [1.29, 1.82) is 5.26 Å². The minimum Gasteiger partial charge on any atom is -0.356 e. The van der Waals surface area contributed by atoms with E-state index in [1.165, 1.54) is 16.4 Å². The van der Waals surface area contributed by atoms with E-state index in [4.69, 9.17) is 0 Å². The molecule has 0 radical (unpaired) electrons. The molecule has 3 N–H and O–H groups in total. The number of hydrogen-bond donors (Lipinski definition) is 2. The minimum atomic E-state index is -3.72. The first kappa shape index (κ1) is 22.3. The number of amides is 1. The topological polar surface area (TPSA) is 107 Å². The standard InChI is InChI=1S/C20H30N4O3S/c1-20(2,3)23-12-6-11-22-19(25)16-9-13-24(14-10-16)28(26,27)18-8-5-4-7-17(18)15-21/h4-5,7-8,16,23H,6,9-14H2,1-3H3,(H,22,25)/p+1. The Kier molecular flexibility index (Phi) is 7.58. The average molecular weight is 408 g/mol. The van der Waals surface area contributed by atoms with Crippen molar-refractivity contribution >= 4 is 15.9 Å². The summed E-state index contributed by atoms with van der Waals surface area (Å²) in [4.78, 5) is 12.4. The van der Waals surface area contributed by atoms with Crippen LogP contribution in [0.1, 0.15) is 45.6 Å². The second kappa shape index (κ2) is 9.50. The highest BCUT2D eigenvalue weighted by atomic mass is 32.2. The van der Waals surface area contributed by atoms with Crippen molar-refractivity contribution in [2.24, 2.45) is 5.92 Å². The van der Waals surface area contributed by atoms with E-state index in [-0.39, 0.29) is 40.9 Å². The van der Waals surface area contributed by atoms with Crippen molar-refractivity contribution in [1.82, 2.24) is 9.62 Å². The van der Waals surface area contributed by atoms with Crippen molar-refractivity contribution in [3.05, 3.63) is 29.8 Å². The van der Waals surface area contributed by atoms with Gasteiger partial charge < -0.3 is 10.6 Å². The molecule has 1 saturated heterocycles. The molecule has 2 rings (SSSR count). The van der Waals surface area contributed by atoms with Crippen LogP contribution in [0.5, 0.6) is 0 Å². The highest BCUT2D eigenvalue weighted by Crippen LogP contribution is 2.25. The minimum absolute atomic E-state index is 0.00484. The van der Waals surface area contributed by atoms with E-state index in [0.717, 1.165) is 13.0 Å². The third-order valence-electron chi connectivity index (χ3n) is 4.89. The summed E-state index contributed by atoms with van der Waals surface area (Å²) in [7, 11) is -3.72. The van der Waals surface area contributed by atoms with E-state index in [2.05, 4.69) is 31.4 Å². The summed E-state index contributed by atoms with van der Waals surface area (Å²) in [5, 5.41) is 14.4. The van der Waals surface area contributed by atoms with Gasteiger partial charge in [0.05, 0.1) is 22.5 Å². The molecule has 1 aliphatic rings. The summed E-state index contributed by atoms with van der Waals surface area (Å²) in [5.74, 6) is -0.158. The number of nitriles is 1. The Morgan fingerprint density at radius 2 is 1.93 bits per heavy atom. The molecule has 1 heterocycles. The first-order chi connectivity index (χ1) is 13.1. The van der Waals surface area contributed by atoms with E-state index >= 15 is 0 Å². The predicted molar refractivity (Wildman–Crippen MR) is 107 cm³/mol. The molecule has 0 aliphatic carbocycles. The molecule has 0 spiro atoms. The number of carbonyl (C=O) groups is 1. The number of hydrogen-bond acceptors (Lipinski definition) is 4. The Morgan fingerprint density at radius 1 is 1.29 bits per heavy atom. The highest BCUT2D eigenvalue weighted by Gasteiger charge is 2.33. The molecule has 28 heavy (non-hydrogen) atoms. The summed E-state index contributed by atoms with van der Waals surface area (Å²) in [6.07, 6.45) is 1.89. The van der Waals surface area contributed by atoms with Gasteiger partial charge in [0.25, 0.3) is 0 Å². The summed E-state index contributed by atoms with van der Waals surface area (Å²) >= 11 is 0. The quantitative estimate of drug-likeness (QED) is 0.653. The van der Waals surface area contributed by atoms with Crippen molar-refractivity contribution in [3.8, 4) is 6.07 Å². The molecular formula is C20H31N4O3S+. The van der Waals surface area contributed by atoms with Crippen LogP contribution in [0, 0.1) is 17.2 Å². The average Bonchev–Trinajstić information content (AvgIpc) is 2.66. The van der Waals surface area contributed by atoms with E-state index in [1.54, 1.807) is 12.1 Å². The van der Waals surface area contributed by atoms with Gasteiger partial charge in [-0.3, -0.25) is 4.79 Å². The number of benzene rings is 1. The van der Waals surface area contributed by atoms with Crippen LogP contribution in [-0.2, 0) is 14.8 Å². The Morgan fingerprint density at radius 3 is 2.54 bits per heavy atom. The molecular weight excluding hydrogens is 376 g/mol. The number of nitrogens with two attached hydrogens (primary N) is 1. The first-order valence-electron chi connectivity index (χ1n) is 9.76. The van der Waals surface area contributed by atoms with Gasteiger partial charge >= 0.3 is 0 Å². The number of rotatable bonds is 7. The third kappa shape index (κ3) is 6.03. The van der Waals surface area contributed by atoms with Gasteiger partial charge in [0.1, 0.15) is 6.07 Å². The van der Waals surface area contributed by atoms with Gasteiger partial charge in [0.15, 0.2) is 0 Å². The monoisotopic (exact) mass is 407 g/mol. The van der Waals surface area contributed by atoms with Crippen LogP contribution in [0.2, 0.25) is 0 Å². The number of sulfonamides is 1. The maximum Gasteiger partial charge on any atom is 0.244 e. The second-order valence-electron chi connectivity index (χ2n) is 8.29. The molecule has 1 aromatic carbocycles.